The number of halogens is 3. The molecule has 0 aliphatic heterocycles. The smallest absolute Gasteiger partial charge is 0.131 e. The first-order valence-corrected chi connectivity index (χ1v) is 11.6. The fraction of sp³-hybridized carbons (Fsp3) is 0.280. The number of aryl methyl sites for hydroxylation is 1. The molecule has 0 fully saturated rings. The summed E-state index contributed by atoms with van der Waals surface area (Å²) in [6.07, 6.45) is 1.85. The Morgan fingerprint density at radius 1 is 0.818 bits per heavy atom. The van der Waals surface area contributed by atoms with Crippen molar-refractivity contribution in [1.29, 1.82) is 0 Å². The van der Waals surface area contributed by atoms with Crippen LogP contribution in [0.25, 0.3) is 0 Å². The van der Waals surface area contributed by atoms with Crippen molar-refractivity contribution in [3.8, 4) is 17.2 Å². The van der Waals surface area contributed by atoms with Gasteiger partial charge in [-0.15, -0.1) is 0 Å². The quantitative estimate of drug-likeness (QED) is 0.294. The molecule has 0 heterocycles. The predicted molar refractivity (Wildman–Crippen MR) is 133 cm³/mol. The Bertz CT molecular complexity index is 1050. The number of benzene rings is 3. The van der Waals surface area contributed by atoms with Gasteiger partial charge in [0.1, 0.15) is 23.9 Å². The summed E-state index contributed by atoms with van der Waals surface area (Å²) < 4.78 is 11.8. The van der Waals surface area contributed by atoms with E-state index in [-0.39, 0.29) is 13.2 Å². The largest absolute Gasteiger partial charge is 0.489 e. The van der Waals surface area contributed by atoms with Crippen LogP contribution in [0.2, 0.25) is 15.1 Å². The number of ether oxygens (including phenoxy) is 2. The molecule has 0 saturated heterocycles. The topological polar surface area (TPSA) is 84.9 Å². The molecule has 0 unspecified atom stereocenters. The molecule has 5 nitrogen and oxygen atoms in total. The van der Waals surface area contributed by atoms with Gasteiger partial charge in [-0.25, -0.2) is 0 Å². The molecule has 0 aliphatic carbocycles. The number of nitrogens with two attached hydrogens (primary N) is 1. The highest BCUT2D eigenvalue weighted by Gasteiger charge is 2.22. The van der Waals surface area contributed by atoms with E-state index in [0.717, 1.165) is 11.1 Å². The molecule has 0 spiro atoms. The van der Waals surface area contributed by atoms with Crippen molar-refractivity contribution in [1.82, 2.24) is 0 Å². The van der Waals surface area contributed by atoms with Gasteiger partial charge in [-0.05, 0) is 72.9 Å². The Kier molecular flexibility index (Phi) is 9.27. The number of hydrogen-bond donors (Lipinski definition) is 3. The second kappa shape index (κ2) is 11.9. The van der Waals surface area contributed by atoms with E-state index in [1.165, 1.54) is 0 Å². The van der Waals surface area contributed by atoms with Crippen molar-refractivity contribution in [2.45, 2.75) is 31.4 Å². The van der Waals surface area contributed by atoms with Gasteiger partial charge in [-0.2, -0.15) is 0 Å². The highest BCUT2D eigenvalue weighted by Crippen LogP contribution is 2.30. The third-order valence-corrected chi connectivity index (χ3v) is 5.93. The molecule has 0 bridgehead atoms. The average molecular weight is 511 g/mol. The molecule has 0 aromatic heterocycles. The summed E-state index contributed by atoms with van der Waals surface area (Å²) in [7, 11) is 0. The lowest BCUT2D eigenvalue weighted by Crippen LogP contribution is -2.47. The zero-order chi connectivity index (χ0) is 23.8. The molecule has 0 atom stereocenters. The van der Waals surface area contributed by atoms with E-state index in [9.17, 15) is 10.2 Å². The lowest BCUT2D eigenvalue weighted by molar-refractivity contribution is 0.113. The van der Waals surface area contributed by atoms with Crippen LogP contribution in [0.3, 0.4) is 0 Å². The minimum absolute atomic E-state index is 0.264. The Hall–Kier alpha value is -1.99. The summed E-state index contributed by atoms with van der Waals surface area (Å²) in [6.45, 7) is -0.208. The SMILES string of the molecule is NC(CO)(CO)CCCc1ccc(Oc2cccc(OCc3cc(Cl)cc(Cl)c3)c2)cc1Cl. The van der Waals surface area contributed by atoms with Crippen LogP contribution in [0, 0.1) is 0 Å². The molecule has 0 radical (unpaired) electrons. The van der Waals surface area contributed by atoms with Crippen LogP contribution in [0.15, 0.2) is 60.7 Å². The minimum Gasteiger partial charge on any atom is -0.489 e. The van der Waals surface area contributed by atoms with Gasteiger partial charge >= 0.3 is 0 Å². The van der Waals surface area contributed by atoms with Gasteiger partial charge < -0.3 is 25.4 Å². The molecule has 3 aromatic carbocycles. The number of aliphatic hydroxyl groups excluding tert-OH is 2. The van der Waals surface area contributed by atoms with Crippen molar-refractivity contribution in [3.63, 3.8) is 0 Å². The van der Waals surface area contributed by atoms with Gasteiger partial charge in [0.15, 0.2) is 0 Å². The van der Waals surface area contributed by atoms with E-state index >= 15 is 0 Å². The van der Waals surface area contributed by atoms with Crippen LogP contribution in [0.4, 0.5) is 0 Å². The fourth-order valence-corrected chi connectivity index (χ4v) is 4.09. The third-order valence-electron chi connectivity index (χ3n) is 5.14. The molecule has 3 aromatic rings. The van der Waals surface area contributed by atoms with Crippen LogP contribution in [-0.4, -0.2) is 29.0 Å². The first-order valence-electron chi connectivity index (χ1n) is 10.4. The average Bonchev–Trinajstić information content (AvgIpc) is 2.79. The van der Waals surface area contributed by atoms with E-state index < -0.39 is 5.54 Å². The first-order chi connectivity index (χ1) is 15.8. The van der Waals surface area contributed by atoms with Crippen molar-refractivity contribution in [3.05, 3.63) is 86.9 Å². The maximum Gasteiger partial charge on any atom is 0.131 e. The van der Waals surface area contributed by atoms with Crippen molar-refractivity contribution < 1.29 is 19.7 Å². The zero-order valence-corrected chi connectivity index (χ0v) is 20.2. The fourth-order valence-electron chi connectivity index (χ4n) is 3.26. The van der Waals surface area contributed by atoms with E-state index in [0.29, 0.717) is 58.2 Å². The van der Waals surface area contributed by atoms with Gasteiger partial charge in [-0.1, -0.05) is 46.9 Å². The number of rotatable bonds is 11. The molecule has 0 saturated carbocycles. The molecule has 176 valence electrons. The van der Waals surface area contributed by atoms with E-state index in [4.69, 9.17) is 50.0 Å². The summed E-state index contributed by atoms with van der Waals surface area (Å²) in [5.41, 5.74) is 6.75. The lowest BCUT2D eigenvalue weighted by Gasteiger charge is -2.24. The molecule has 33 heavy (non-hydrogen) atoms. The maximum absolute atomic E-state index is 9.30. The van der Waals surface area contributed by atoms with Crippen LogP contribution in [0.5, 0.6) is 17.2 Å². The van der Waals surface area contributed by atoms with E-state index in [1.54, 1.807) is 30.3 Å². The van der Waals surface area contributed by atoms with E-state index in [1.807, 2.05) is 30.3 Å². The standard InChI is InChI=1S/C25H26Cl3NO4/c26-19-9-17(10-20(27)11-19)14-32-21-4-1-5-22(12-21)33-23-7-6-18(24(28)13-23)3-2-8-25(29,15-30)16-31/h1,4-7,9-13,30-31H,2-3,8,14-16,29H2. The minimum atomic E-state index is -0.971. The summed E-state index contributed by atoms with van der Waals surface area (Å²) in [4.78, 5) is 0. The predicted octanol–water partition coefficient (Wildman–Crippen LogP) is 6.02. The van der Waals surface area contributed by atoms with Gasteiger partial charge in [0.2, 0.25) is 0 Å². The second-order valence-corrected chi connectivity index (χ2v) is 9.21. The molecule has 8 heteroatoms. The Balaban J connectivity index is 1.58. The van der Waals surface area contributed by atoms with Crippen LogP contribution in [-0.2, 0) is 13.0 Å². The Morgan fingerprint density at radius 2 is 1.48 bits per heavy atom. The normalized spacial score (nSPS) is 11.5. The molecule has 3 rings (SSSR count). The van der Waals surface area contributed by atoms with Gasteiger partial charge in [0.25, 0.3) is 0 Å². The third kappa shape index (κ3) is 7.78. The van der Waals surface area contributed by atoms with Crippen LogP contribution >= 0.6 is 34.8 Å². The summed E-state index contributed by atoms with van der Waals surface area (Å²) in [5.74, 6) is 1.85. The van der Waals surface area contributed by atoms with Gasteiger partial charge in [0, 0.05) is 21.1 Å². The molecule has 0 amide bonds. The monoisotopic (exact) mass is 509 g/mol. The van der Waals surface area contributed by atoms with Crippen LogP contribution < -0.4 is 15.2 Å². The van der Waals surface area contributed by atoms with Crippen molar-refractivity contribution in [2.75, 3.05) is 13.2 Å². The highest BCUT2D eigenvalue weighted by atomic mass is 35.5. The van der Waals surface area contributed by atoms with Crippen molar-refractivity contribution >= 4 is 34.8 Å². The highest BCUT2D eigenvalue weighted by molar-refractivity contribution is 6.34. The molecule has 4 N–H and O–H groups in total. The second-order valence-electron chi connectivity index (χ2n) is 7.93. The summed E-state index contributed by atoms with van der Waals surface area (Å²) in [5, 5.41) is 20.3. The number of aliphatic hydroxyl groups is 2. The molecular weight excluding hydrogens is 485 g/mol. The van der Waals surface area contributed by atoms with E-state index in [2.05, 4.69) is 0 Å². The number of hydrogen-bond acceptors (Lipinski definition) is 5. The summed E-state index contributed by atoms with van der Waals surface area (Å²) in [6, 6.07) is 18.1. The lowest BCUT2D eigenvalue weighted by atomic mass is 9.94. The van der Waals surface area contributed by atoms with Crippen LogP contribution in [0.1, 0.15) is 24.0 Å². The van der Waals surface area contributed by atoms with Gasteiger partial charge in [-0.3, -0.25) is 0 Å². The zero-order valence-electron chi connectivity index (χ0n) is 17.9. The molecule has 0 aliphatic rings. The Labute approximate surface area is 208 Å². The summed E-state index contributed by atoms with van der Waals surface area (Å²) >= 11 is 18.5. The van der Waals surface area contributed by atoms with Gasteiger partial charge in [0.05, 0.1) is 18.8 Å². The molecular formula is C25H26Cl3NO4. The Morgan fingerprint density at radius 3 is 2.15 bits per heavy atom. The first kappa shape index (κ1) is 25.6. The maximum atomic E-state index is 9.30. The van der Waals surface area contributed by atoms with Crippen molar-refractivity contribution in [2.24, 2.45) is 5.73 Å².